The summed E-state index contributed by atoms with van der Waals surface area (Å²) in [4.78, 5) is 6.65. The van der Waals surface area contributed by atoms with Gasteiger partial charge in [0.2, 0.25) is 0 Å². The van der Waals surface area contributed by atoms with Crippen molar-refractivity contribution in [2.24, 2.45) is 0 Å². The maximum atomic E-state index is 4.33. The number of thiazole rings is 1. The van der Waals surface area contributed by atoms with E-state index < -0.39 is 0 Å². The first-order chi connectivity index (χ1) is 9.70. The molecule has 0 spiro atoms. The summed E-state index contributed by atoms with van der Waals surface area (Å²) in [6, 6.07) is 8.77. The molecule has 1 heterocycles. The summed E-state index contributed by atoms with van der Waals surface area (Å²) in [7, 11) is 4.16. The van der Waals surface area contributed by atoms with Gasteiger partial charge in [0.1, 0.15) is 0 Å². The van der Waals surface area contributed by atoms with E-state index in [9.17, 15) is 0 Å². The van der Waals surface area contributed by atoms with Crippen LogP contribution in [0.1, 0.15) is 23.7 Å². The minimum atomic E-state index is 0.364. The molecule has 0 amide bonds. The van der Waals surface area contributed by atoms with E-state index in [1.54, 1.807) is 11.3 Å². The molecular formula is C15H20BrN3S. The van der Waals surface area contributed by atoms with Gasteiger partial charge in [-0.15, -0.1) is 11.3 Å². The molecule has 108 valence electrons. The summed E-state index contributed by atoms with van der Waals surface area (Å²) in [6.45, 7) is 1.94. The molecule has 20 heavy (non-hydrogen) atoms. The Kier molecular flexibility index (Phi) is 6.16. The van der Waals surface area contributed by atoms with E-state index in [-0.39, 0.29) is 0 Å². The molecule has 0 aliphatic heterocycles. The van der Waals surface area contributed by atoms with E-state index in [1.807, 2.05) is 12.6 Å². The Hall–Kier alpha value is -0.750. The van der Waals surface area contributed by atoms with E-state index in [4.69, 9.17) is 0 Å². The molecule has 1 aromatic heterocycles. The smallest absolute Gasteiger partial charge is 0.0795 e. The van der Waals surface area contributed by atoms with Gasteiger partial charge >= 0.3 is 0 Å². The van der Waals surface area contributed by atoms with Gasteiger partial charge in [-0.05, 0) is 32.1 Å². The molecule has 0 saturated carbocycles. The van der Waals surface area contributed by atoms with Crippen LogP contribution in [0.2, 0.25) is 0 Å². The molecule has 1 atom stereocenters. The Bertz CT molecular complexity index is 516. The Labute approximate surface area is 133 Å². The van der Waals surface area contributed by atoms with Crippen LogP contribution in [0.4, 0.5) is 0 Å². The first kappa shape index (κ1) is 15.6. The fraction of sp³-hybridized carbons (Fsp3) is 0.400. The van der Waals surface area contributed by atoms with Crippen LogP contribution < -0.4 is 5.32 Å². The summed E-state index contributed by atoms with van der Waals surface area (Å²) >= 11 is 5.28. The number of hydrogen-bond donors (Lipinski definition) is 1. The van der Waals surface area contributed by atoms with Crippen molar-refractivity contribution in [1.82, 2.24) is 15.2 Å². The van der Waals surface area contributed by atoms with Crippen LogP contribution in [0.15, 0.2) is 39.6 Å². The highest BCUT2D eigenvalue weighted by Crippen LogP contribution is 2.25. The van der Waals surface area contributed by atoms with E-state index >= 15 is 0 Å². The number of nitrogens with zero attached hydrogens (tertiary/aromatic N) is 2. The summed E-state index contributed by atoms with van der Waals surface area (Å²) in [5.41, 5.74) is 4.36. The lowest BCUT2D eigenvalue weighted by Crippen LogP contribution is -2.25. The van der Waals surface area contributed by atoms with Crippen molar-refractivity contribution >= 4 is 27.3 Å². The zero-order valence-electron chi connectivity index (χ0n) is 11.8. The lowest BCUT2D eigenvalue weighted by molar-refractivity contribution is 0.301. The second-order valence-electron chi connectivity index (χ2n) is 4.87. The van der Waals surface area contributed by atoms with Crippen LogP contribution in [-0.2, 0) is 6.54 Å². The summed E-state index contributed by atoms with van der Waals surface area (Å²) in [5, 5.41) is 5.51. The van der Waals surface area contributed by atoms with E-state index in [0.717, 1.165) is 25.2 Å². The Morgan fingerprint density at radius 3 is 2.85 bits per heavy atom. The molecule has 0 bridgehead atoms. The zero-order chi connectivity index (χ0) is 14.4. The van der Waals surface area contributed by atoms with Gasteiger partial charge in [0.15, 0.2) is 0 Å². The third kappa shape index (κ3) is 4.38. The first-order valence-electron chi connectivity index (χ1n) is 6.68. The number of halogens is 1. The number of hydrogen-bond acceptors (Lipinski definition) is 4. The van der Waals surface area contributed by atoms with Gasteiger partial charge in [-0.25, -0.2) is 4.98 Å². The van der Waals surface area contributed by atoms with Gasteiger partial charge in [0.05, 0.1) is 11.2 Å². The van der Waals surface area contributed by atoms with Crippen molar-refractivity contribution in [3.63, 3.8) is 0 Å². The van der Waals surface area contributed by atoms with Crippen molar-refractivity contribution in [3.05, 3.63) is 50.9 Å². The average molecular weight is 354 g/mol. The standard InChI is InChI=1S/C15H20BrN3S/c1-17-15(13-5-3-4-6-14(13)16)7-8-19(2)9-12-10-20-11-18-12/h3-6,10-11,15,17H,7-9H2,1-2H3. The van der Waals surface area contributed by atoms with Crippen molar-refractivity contribution < 1.29 is 0 Å². The number of aromatic nitrogens is 1. The quantitative estimate of drug-likeness (QED) is 0.822. The Balaban J connectivity index is 1.89. The highest BCUT2D eigenvalue weighted by Gasteiger charge is 2.13. The van der Waals surface area contributed by atoms with Gasteiger partial charge in [0, 0.05) is 29.0 Å². The van der Waals surface area contributed by atoms with E-state index in [2.05, 4.69) is 67.8 Å². The second-order valence-corrected chi connectivity index (χ2v) is 6.44. The fourth-order valence-electron chi connectivity index (χ4n) is 2.23. The van der Waals surface area contributed by atoms with Crippen LogP contribution >= 0.6 is 27.3 Å². The van der Waals surface area contributed by atoms with E-state index in [1.165, 1.54) is 10.0 Å². The minimum absolute atomic E-state index is 0.364. The van der Waals surface area contributed by atoms with Gasteiger partial charge in [-0.1, -0.05) is 34.1 Å². The molecule has 0 aliphatic carbocycles. The molecule has 0 saturated heterocycles. The van der Waals surface area contributed by atoms with Crippen molar-refractivity contribution in [2.45, 2.75) is 19.0 Å². The first-order valence-corrected chi connectivity index (χ1v) is 8.41. The lowest BCUT2D eigenvalue weighted by atomic mass is 10.0. The monoisotopic (exact) mass is 353 g/mol. The SMILES string of the molecule is CNC(CCN(C)Cc1cscn1)c1ccccc1Br. The predicted molar refractivity (Wildman–Crippen MR) is 89.0 cm³/mol. The highest BCUT2D eigenvalue weighted by molar-refractivity contribution is 9.10. The predicted octanol–water partition coefficient (Wildman–Crippen LogP) is 3.69. The van der Waals surface area contributed by atoms with Gasteiger partial charge < -0.3 is 10.2 Å². The maximum absolute atomic E-state index is 4.33. The van der Waals surface area contributed by atoms with Crippen molar-refractivity contribution in [1.29, 1.82) is 0 Å². The summed E-state index contributed by atoms with van der Waals surface area (Å²) in [6.07, 6.45) is 1.07. The van der Waals surface area contributed by atoms with Gasteiger partial charge in [0.25, 0.3) is 0 Å². The van der Waals surface area contributed by atoms with Gasteiger partial charge in [-0.3, -0.25) is 0 Å². The number of benzene rings is 1. The molecule has 3 nitrogen and oxygen atoms in total. The summed E-state index contributed by atoms with van der Waals surface area (Å²) < 4.78 is 1.17. The molecule has 0 aliphatic rings. The lowest BCUT2D eigenvalue weighted by Gasteiger charge is -2.22. The van der Waals surface area contributed by atoms with Crippen molar-refractivity contribution in [3.8, 4) is 0 Å². The molecule has 0 radical (unpaired) electrons. The second kappa shape index (κ2) is 7.88. The minimum Gasteiger partial charge on any atom is -0.313 e. The average Bonchev–Trinajstić information content (AvgIpc) is 2.94. The topological polar surface area (TPSA) is 28.2 Å². The molecule has 1 N–H and O–H groups in total. The van der Waals surface area contributed by atoms with Crippen LogP contribution in [-0.4, -0.2) is 30.5 Å². The molecule has 0 fully saturated rings. The summed E-state index contributed by atoms with van der Waals surface area (Å²) in [5.74, 6) is 0. The van der Waals surface area contributed by atoms with Crippen LogP contribution in [0.5, 0.6) is 0 Å². The van der Waals surface area contributed by atoms with Crippen LogP contribution in [0.25, 0.3) is 0 Å². The van der Waals surface area contributed by atoms with Crippen molar-refractivity contribution in [2.75, 3.05) is 20.6 Å². The van der Waals surface area contributed by atoms with Crippen LogP contribution in [0.3, 0.4) is 0 Å². The largest absolute Gasteiger partial charge is 0.313 e. The van der Waals surface area contributed by atoms with Crippen LogP contribution in [0, 0.1) is 0 Å². The zero-order valence-corrected chi connectivity index (χ0v) is 14.2. The van der Waals surface area contributed by atoms with E-state index in [0.29, 0.717) is 6.04 Å². The molecular weight excluding hydrogens is 334 g/mol. The Morgan fingerprint density at radius 1 is 1.40 bits per heavy atom. The maximum Gasteiger partial charge on any atom is 0.0795 e. The molecule has 2 rings (SSSR count). The third-order valence-electron chi connectivity index (χ3n) is 3.34. The number of nitrogens with one attached hydrogen (secondary N) is 1. The molecule has 5 heteroatoms. The molecule has 2 aromatic rings. The fourth-order valence-corrected chi connectivity index (χ4v) is 3.34. The normalized spacial score (nSPS) is 12.8. The Morgan fingerprint density at radius 2 is 2.20 bits per heavy atom. The molecule has 1 unspecified atom stereocenters. The highest BCUT2D eigenvalue weighted by atomic mass is 79.9. The number of rotatable bonds is 7. The third-order valence-corrected chi connectivity index (χ3v) is 4.70. The van der Waals surface area contributed by atoms with Gasteiger partial charge in [-0.2, -0.15) is 0 Å². The molecule has 1 aromatic carbocycles.